The number of aryl methyl sites for hydroxylation is 1. The number of aromatic nitrogens is 2. The van der Waals surface area contributed by atoms with Crippen LogP contribution < -0.4 is 4.73 Å². The molecule has 0 aliphatic rings. The summed E-state index contributed by atoms with van der Waals surface area (Å²) in [5.74, 6) is -1.37. The van der Waals surface area contributed by atoms with Crippen molar-refractivity contribution in [1.29, 1.82) is 0 Å². The molecule has 1 heterocycles. The van der Waals surface area contributed by atoms with Crippen LogP contribution in [0.2, 0.25) is 0 Å². The first-order valence-electron chi connectivity index (χ1n) is 8.44. The Balaban J connectivity index is 1.97. The summed E-state index contributed by atoms with van der Waals surface area (Å²) in [4.78, 5) is 28.9. The van der Waals surface area contributed by atoms with Gasteiger partial charge in [0.1, 0.15) is 12.1 Å². The molecule has 0 spiro atoms. The van der Waals surface area contributed by atoms with Crippen molar-refractivity contribution in [1.82, 2.24) is 4.98 Å². The predicted octanol–water partition coefficient (Wildman–Crippen LogP) is 2.71. The van der Waals surface area contributed by atoms with Crippen molar-refractivity contribution >= 4 is 23.0 Å². The zero-order chi connectivity index (χ0) is 19.4. The van der Waals surface area contributed by atoms with Crippen LogP contribution in [-0.2, 0) is 16.1 Å². The third-order valence-electron chi connectivity index (χ3n) is 4.01. The molecule has 0 aliphatic heterocycles. The molecule has 2 aromatic carbocycles. The number of fused-ring (bicyclic) bond motifs is 1. The van der Waals surface area contributed by atoms with Gasteiger partial charge in [-0.3, -0.25) is 0 Å². The molecule has 0 radical (unpaired) electrons. The monoisotopic (exact) mass is 366 g/mol. The topological polar surface area (TPSA) is 92.4 Å². The summed E-state index contributed by atoms with van der Waals surface area (Å²) in [6.45, 7) is 3.21. The highest BCUT2D eigenvalue weighted by molar-refractivity contribution is 5.91. The first-order valence-corrected chi connectivity index (χ1v) is 8.44. The van der Waals surface area contributed by atoms with Crippen molar-refractivity contribution in [3.05, 3.63) is 76.3 Å². The molecule has 0 saturated carbocycles. The third kappa shape index (κ3) is 3.72. The van der Waals surface area contributed by atoms with Crippen LogP contribution in [-0.4, -0.2) is 23.5 Å². The van der Waals surface area contributed by atoms with Gasteiger partial charge in [-0.05, 0) is 31.5 Å². The number of carbonyl (C=O) groups excluding carboxylic acids is 2. The minimum atomic E-state index is -0.812. The summed E-state index contributed by atoms with van der Waals surface area (Å²) < 4.78 is 10.7. The van der Waals surface area contributed by atoms with E-state index in [1.54, 1.807) is 56.3 Å². The average molecular weight is 366 g/mol. The maximum atomic E-state index is 12.7. The number of benzene rings is 2. The van der Waals surface area contributed by atoms with E-state index in [1.807, 2.05) is 6.07 Å². The number of para-hydroxylation sites is 2. The van der Waals surface area contributed by atoms with Crippen molar-refractivity contribution < 1.29 is 23.8 Å². The number of carbonyl (C=O) groups is 2. The van der Waals surface area contributed by atoms with Gasteiger partial charge in [0.2, 0.25) is 5.52 Å². The van der Waals surface area contributed by atoms with Gasteiger partial charge in [0.15, 0.2) is 5.69 Å². The molecule has 3 rings (SSSR count). The minimum Gasteiger partial charge on any atom is -0.618 e. The molecular weight excluding hydrogens is 348 g/mol. The van der Waals surface area contributed by atoms with Crippen LogP contribution in [0.5, 0.6) is 0 Å². The van der Waals surface area contributed by atoms with Crippen LogP contribution in [0.25, 0.3) is 11.0 Å². The Kier molecular flexibility index (Phi) is 5.30. The summed E-state index contributed by atoms with van der Waals surface area (Å²) in [7, 11) is 0. The first-order chi connectivity index (χ1) is 13.0. The molecule has 0 atom stereocenters. The van der Waals surface area contributed by atoms with Crippen LogP contribution >= 0.6 is 0 Å². The maximum Gasteiger partial charge on any atom is 0.407 e. The predicted molar refractivity (Wildman–Crippen MR) is 97.0 cm³/mol. The summed E-state index contributed by atoms with van der Waals surface area (Å²) in [6.07, 6.45) is 0. The van der Waals surface area contributed by atoms with E-state index < -0.39 is 11.9 Å². The lowest BCUT2D eigenvalue weighted by molar-refractivity contribution is -0.581. The van der Waals surface area contributed by atoms with Crippen LogP contribution in [0.15, 0.2) is 48.5 Å². The molecule has 27 heavy (non-hydrogen) atoms. The average Bonchev–Trinajstić information content (AvgIpc) is 2.66. The molecule has 0 amide bonds. The van der Waals surface area contributed by atoms with Gasteiger partial charge in [-0.1, -0.05) is 30.3 Å². The Morgan fingerprint density at radius 2 is 1.74 bits per heavy atom. The number of rotatable bonds is 5. The molecule has 138 valence electrons. The van der Waals surface area contributed by atoms with E-state index in [2.05, 4.69) is 4.98 Å². The third-order valence-corrected chi connectivity index (χ3v) is 4.01. The van der Waals surface area contributed by atoms with E-state index in [9.17, 15) is 14.8 Å². The molecule has 7 nitrogen and oxygen atoms in total. The van der Waals surface area contributed by atoms with Crippen LogP contribution in [0, 0.1) is 12.1 Å². The highest BCUT2D eigenvalue weighted by atomic mass is 16.5. The molecule has 0 aliphatic carbocycles. The number of nitrogens with zero attached hydrogens (tertiary/aromatic N) is 2. The SMILES string of the molecule is CCOC(=O)c1c(COC(=O)c2ccccc2C)nc2ccccc2[n+]1[O-]. The highest BCUT2D eigenvalue weighted by Crippen LogP contribution is 2.15. The van der Waals surface area contributed by atoms with Crippen LogP contribution in [0.4, 0.5) is 0 Å². The van der Waals surface area contributed by atoms with Crippen molar-refractivity contribution in [3.8, 4) is 0 Å². The summed E-state index contributed by atoms with van der Waals surface area (Å²) in [6, 6.07) is 13.6. The second-order valence-electron chi connectivity index (χ2n) is 5.80. The second kappa shape index (κ2) is 7.82. The summed E-state index contributed by atoms with van der Waals surface area (Å²) in [5.41, 5.74) is 1.55. The molecule has 0 N–H and O–H groups in total. The highest BCUT2D eigenvalue weighted by Gasteiger charge is 2.28. The van der Waals surface area contributed by atoms with E-state index >= 15 is 0 Å². The maximum absolute atomic E-state index is 12.7. The largest absolute Gasteiger partial charge is 0.618 e. The fourth-order valence-electron chi connectivity index (χ4n) is 2.68. The quantitative estimate of drug-likeness (QED) is 0.392. The second-order valence-corrected chi connectivity index (χ2v) is 5.80. The standard InChI is InChI=1S/C20H18N2O5/c1-3-26-20(24)18-16(21-15-10-6-7-11-17(15)22(18)25)12-27-19(23)14-9-5-4-8-13(14)2/h4-11H,3,12H2,1-2H3. The fourth-order valence-corrected chi connectivity index (χ4v) is 2.68. The zero-order valence-corrected chi connectivity index (χ0v) is 15.0. The van der Waals surface area contributed by atoms with Gasteiger partial charge in [-0.25, -0.2) is 14.6 Å². The molecule has 7 heteroatoms. The molecule has 1 aromatic heterocycles. The molecule has 0 unspecified atom stereocenters. The summed E-state index contributed by atoms with van der Waals surface area (Å²) >= 11 is 0. The van der Waals surface area contributed by atoms with Gasteiger partial charge in [0.25, 0.3) is 0 Å². The Hall–Kier alpha value is -3.48. The number of hydrogen-bond donors (Lipinski definition) is 0. The summed E-state index contributed by atoms with van der Waals surface area (Å²) in [5, 5.41) is 12.7. The molecule has 0 saturated heterocycles. The number of ether oxygens (including phenoxy) is 2. The Morgan fingerprint density at radius 3 is 2.48 bits per heavy atom. The molecule has 0 bridgehead atoms. The van der Waals surface area contributed by atoms with Crippen LogP contribution in [0.3, 0.4) is 0 Å². The van der Waals surface area contributed by atoms with Crippen molar-refractivity contribution in [2.24, 2.45) is 0 Å². The molecular formula is C20H18N2O5. The smallest absolute Gasteiger partial charge is 0.407 e. The Bertz CT molecular complexity index is 1020. The van der Waals surface area contributed by atoms with Gasteiger partial charge < -0.3 is 14.7 Å². The van der Waals surface area contributed by atoms with E-state index in [1.165, 1.54) is 0 Å². The minimum absolute atomic E-state index is 0.0454. The van der Waals surface area contributed by atoms with Crippen LogP contribution in [0.1, 0.15) is 39.0 Å². The lowest BCUT2D eigenvalue weighted by atomic mass is 10.1. The van der Waals surface area contributed by atoms with Gasteiger partial charge in [0.05, 0.1) is 12.2 Å². The Labute approximate surface area is 155 Å². The lowest BCUT2D eigenvalue weighted by Gasteiger charge is -2.12. The lowest BCUT2D eigenvalue weighted by Crippen LogP contribution is -2.39. The van der Waals surface area contributed by atoms with E-state index in [-0.39, 0.29) is 30.1 Å². The normalized spacial score (nSPS) is 10.6. The van der Waals surface area contributed by atoms with Gasteiger partial charge >= 0.3 is 17.6 Å². The fraction of sp³-hybridized carbons (Fsp3) is 0.200. The van der Waals surface area contributed by atoms with Gasteiger partial charge in [-0.2, -0.15) is 4.73 Å². The number of esters is 2. The van der Waals surface area contributed by atoms with E-state index in [0.717, 1.165) is 5.56 Å². The van der Waals surface area contributed by atoms with Gasteiger partial charge in [-0.15, -0.1) is 0 Å². The number of hydrogen-bond acceptors (Lipinski definition) is 6. The van der Waals surface area contributed by atoms with E-state index in [0.29, 0.717) is 15.8 Å². The zero-order valence-electron chi connectivity index (χ0n) is 15.0. The molecule has 3 aromatic rings. The first kappa shape index (κ1) is 18.3. The van der Waals surface area contributed by atoms with Crippen molar-refractivity contribution in [3.63, 3.8) is 0 Å². The van der Waals surface area contributed by atoms with Gasteiger partial charge in [0, 0.05) is 6.07 Å². The molecule has 0 fully saturated rings. The van der Waals surface area contributed by atoms with E-state index in [4.69, 9.17) is 9.47 Å². The Morgan fingerprint density at radius 1 is 1.04 bits per heavy atom. The van der Waals surface area contributed by atoms with Crippen molar-refractivity contribution in [2.75, 3.05) is 6.61 Å². The van der Waals surface area contributed by atoms with Crippen molar-refractivity contribution in [2.45, 2.75) is 20.5 Å².